The van der Waals surface area contributed by atoms with Crippen LogP contribution in [0.25, 0.3) is 0 Å². The van der Waals surface area contributed by atoms with Crippen molar-refractivity contribution in [3.63, 3.8) is 0 Å². The van der Waals surface area contributed by atoms with E-state index in [2.05, 4.69) is 0 Å². The van der Waals surface area contributed by atoms with E-state index in [0.29, 0.717) is 18.0 Å². The van der Waals surface area contributed by atoms with Crippen LogP contribution in [0.5, 0.6) is 5.75 Å². The van der Waals surface area contributed by atoms with E-state index in [-0.39, 0.29) is 17.5 Å². The molecule has 2 aromatic carbocycles. The van der Waals surface area contributed by atoms with Gasteiger partial charge in [0.15, 0.2) is 0 Å². The highest BCUT2D eigenvalue weighted by Crippen LogP contribution is 2.30. The largest absolute Gasteiger partial charge is 0.495 e. The zero-order valence-corrected chi connectivity index (χ0v) is 17.3. The van der Waals surface area contributed by atoms with Gasteiger partial charge < -0.3 is 9.64 Å². The third-order valence-corrected chi connectivity index (χ3v) is 5.50. The highest BCUT2D eigenvalue weighted by Gasteiger charge is 2.23. The molecule has 2 aromatic rings. The summed E-state index contributed by atoms with van der Waals surface area (Å²) in [7, 11) is -0.561. The van der Waals surface area contributed by atoms with Gasteiger partial charge in [0, 0.05) is 13.6 Å². The van der Waals surface area contributed by atoms with E-state index in [1.54, 1.807) is 19.2 Å². The monoisotopic (exact) mass is 410 g/mol. The lowest BCUT2D eigenvalue weighted by Gasteiger charge is -2.25. The minimum atomic E-state index is -3.67. The Morgan fingerprint density at radius 1 is 1.15 bits per heavy atom. The SMILES string of the molecule is COc1ccc(N(CC(=O)N(C)Cc2ccc(C)cc2)S(C)(=O)=O)cc1Cl. The topological polar surface area (TPSA) is 66.9 Å². The van der Waals surface area contributed by atoms with E-state index in [4.69, 9.17) is 16.3 Å². The summed E-state index contributed by atoms with van der Waals surface area (Å²) in [6.45, 7) is 2.06. The third-order valence-electron chi connectivity index (χ3n) is 4.07. The number of likely N-dealkylation sites (N-methyl/N-ethyl adjacent to an activating group) is 1. The third kappa shape index (κ3) is 5.61. The molecule has 0 atom stereocenters. The first-order valence-electron chi connectivity index (χ1n) is 8.22. The molecule has 27 heavy (non-hydrogen) atoms. The van der Waals surface area contributed by atoms with Crippen LogP contribution < -0.4 is 9.04 Å². The summed E-state index contributed by atoms with van der Waals surface area (Å²) in [5.41, 5.74) is 2.41. The van der Waals surface area contributed by atoms with Crippen molar-refractivity contribution in [2.24, 2.45) is 0 Å². The van der Waals surface area contributed by atoms with Crippen LogP contribution in [-0.2, 0) is 21.4 Å². The number of methoxy groups -OCH3 is 1. The van der Waals surface area contributed by atoms with Crippen molar-refractivity contribution in [2.45, 2.75) is 13.5 Å². The lowest BCUT2D eigenvalue weighted by Crippen LogP contribution is -2.41. The molecule has 0 N–H and O–H groups in total. The number of carbonyl (C=O) groups is 1. The van der Waals surface area contributed by atoms with Crippen LogP contribution in [0.15, 0.2) is 42.5 Å². The summed E-state index contributed by atoms with van der Waals surface area (Å²) in [5, 5.41) is 0.268. The molecule has 0 spiro atoms. The van der Waals surface area contributed by atoms with Gasteiger partial charge in [-0.3, -0.25) is 9.10 Å². The van der Waals surface area contributed by atoms with Gasteiger partial charge in [0.1, 0.15) is 12.3 Å². The smallest absolute Gasteiger partial charge is 0.243 e. The van der Waals surface area contributed by atoms with Gasteiger partial charge in [0.05, 0.1) is 24.1 Å². The van der Waals surface area contributed by atoms with E-state index >= 15 is 0 Å². The highest BCUT2D eigenvalue weighted by molar-refractivity contribution is 7.92. The fourth-order valence-corrected chi connectivity index (χ4v) is 3.60. The van der Waals surface area contributed by atoms with Crippen LogP contribution >= 0.6 is 11.6 Å². The Kier molecular flexibility index (Phi) is 6.73. The molecular weight excluding hydrogens is 388 g/mol. The molecule has 0 fully saturated rings. The molecule has 8 heteroatoms. The number of ether oxygens (including phenoxy) is 1. The zero-order valence-electron chi connectivity index (χ0n) is 15.8. The first-order valence-corrected chi connectivity index (χ1v) is 10.4. The van der Waals surface area contributed by atoms with E-state index in [9.17, 15) is 13.2 Å². The van der Waals surface area contributed by atoms with Gasteiger partial charge in [-0.15, -0.1) is 0 Å². The minimum absolute atomic E-state index is 0.268. The average molecular weight is 411 g/mol. The van der Waals surface area contributed by atoms with E-state index < -0.39 is 10.0 Å². The van der Waals surface area contributed by atoms with Crippen molar-refractivity contribution in [3.05, 3.63) is 58.6 Å². The molecule has 0 saturated heterocycles. The summed E-state index contributed by atoms with van der Waals surface area (Å²) in [6.07, 6.45) is 1.05. The number of rotatable bonds is 7. The van der Waals surface area contributed by atoms with E-state index in [1.807, 2.05) is 31.2 Å². The molecule has 0 aliphatic carbocycles. The number of amides is 1. The first kappa shape index (κ1) is 21.1. The van der Waals surface area contributed by atoms with Gasteiger partial charge in [0.25, 0.3) is 0 Å². The van der Waals surface area contributed by atoms with E-state index in [0.717, 1.165) is 21.7 Å². The number of hydrogen-bond donors (Lipinski definition) is 0. The fraction of sp³-hybridized carbons (Fsp3) is 0.316. The molecule has 0 aliphatic heterocycles. The maximum atomic E-state index is 12.6. The Labute approximate surface area is 165 Å². The van der Waals surface area contributed by atoms with Crippen molar-refractivity contribution in [1.29, 1.82) is 0 Å². The molecule has 0 aromatic heterocycles. The zero-order chi connectivity index (χ0) is 20.2. The summed E-state index contributed by atoms with van der Waals surface area (Å²) in [6, 6.07) is 12.4. The quantitative estimate of drug-likeness (QED) is 0.703. The van der Waals surface area contributed by atoms with Gasteiger partial charge in [0.2, 0.25) is 15.9 Å². The van der Waals surface area contributed by atoms with Crippen molar-refractivity contribution in [3.8, 4) is 5.75 Å². The summed E-state index contributed by atoms with van der Waals surface area (Å²) in [4.78, 5) is 14.1. The molecule has 2 rings (SSSR count). The van der Waals surface area contributed by atoms with Gasteiger partial charge >= 0.3 is 0 Å². The molecule has 0 saturated carbocycles. The molecule has 6 nitrogen and oxygen atoms in total. The average Bonchev–Trinajstić information content (AvgIpc) is 2.60. The summed E-state index contributed by atoms with van der Waals surface area (Å²) >= 11 is 6.10. The fourth-order valence-electron chi connectivity index (χ4n) is 2.51. The molecular formula is C19H23ClN2O4S. The van der Waals surface area contributed by atoms with Crippen molar-refractivity contribution in [2.75, 3.05) is 31.3 Å². The molecule has 0 bridgehead atoms. The number of halogens is 1. The van der Waals surface area contributed by atoms with Crippen molar-refractivity contribution < 1.29 is 17.9 Å². The number of hydrogen-bond acceptors (Lipinski definition) is 4. The second kappa shape index (κ2) is 8.63. The van der Waals surface area contributed by atoms with Gasteiger partial charge in [-0.25, -0.2) is 8.42 Å². The molecule has 1 amide bonds. The van der Waals surface area contributed by atoms with Crippen LogP contribution in [0.1, 0.15) is 11.1 Å². The van der Waals surface area contributed by atoms with Gasteiger partial charge in [-0.2, -0.15) is 0 Å². The predicted octanol–water partition coefficient (Wildman–Crippen LogP) is 3.08. The lowest BCUT2D eigenvalue weighted by atomic mass is 10.1. The molecule has 0 heterocycles. The van der Waals surface area contributed by atoms with Crippen LogP contribution in [0.4, 0.5) is 5.69 Å². The standard InChI is InChI=1S/C19H23ClN2O4S/c1-14-5-7-15(8-6-14)12-21(2)19(23)13-22(27(4,24)25)16-9-10-18(26-3)17(20)11-16/h5-11H,12-13H2,1-4H3. The normalized spacial score (nSPS) is 11.1. The second-order valence-corrected chi connectivity index (χ2v) is 8.64. The van der Waals surface area contributed by atoms with E-state index in [1.165, 1.54) is 18.1 Å². The Hall–Kier alpha value is -2.25. The van der Waals surface area contributed by atoms with Crippen LogP contribution in [0.2, 0.25) is 5.02 Å². The number of sulfonamides is 1. The predicted molar refractivity (Wildman–Crippen MR) is 108 cm³/mol. The second-order valence-electron chi connectivity index (χ2n) is 6.32. The molecule has 0 unspecified atom stereocenters. The Morgan fingerprint density at radius 3 is 2.30 bits per heavy atom. The number of anilines is 1. The molecule has 146 valence electrons. The maximum Gasteiger partial charge on any atom is 0.243 e. The minimum Gasteiger partial charge on any atom is -0.495 e. The first-order chi connectivity index (χ1) is 12.6. The van der Waals surface area contributed by atoms with Gasteiger partial charge in [-0.1, -0.05) is 41.4 Å². The molecule has 0 radical (unpaired) electrons. The lowest BCUT2D eigenvalue weighted by molar-refractivity contribution is -0.128. The van der Waals surface area contributed by atoms with Crippen molar-refractivity contribution >= 4 is 33.2 Å². The van der Waals surface area contributed by atoms with Crippen LogP contribution in [-0.4, -0.2) is 46.2 Å². The number of carbonyl (C=O) groups excluding carboxylic acids is 1. The highest BCUT2D eigenvalue weighted by atomic mass is 35.5. The number of aryl methyl sites for hydroxylation is 1. The number of nitrogens with zero attached hydrogens (tertiary/aromatic N) is 2. The Morgan fingerprint density at radius 2 is 1.78 bits per heavy atom. The van der Waals surface area contributed by atoms with Crippen LogP contribution in [0.3, 0.4) is 0 Å². The molecule has 0 aliphatic rings. The van der Waals surface area contributed by atoms with Gasteiger partial charge in [-0.05, 0) is 30.7 Å². The Bertz CT molecular complexity index is 914. The summed E-state index contributed by atoms with van der Waals surface area (Å²) in [5.74, 6) is 0.102. The summed E-state index contributed by atoms with van der Waals surface area (Å²) < 4.78 is 30.6. The number of benzene rings is 2. The Balaban J connectivity index is 2.19. The van der Waals surface area contributed by atoms with Crippen molar-refractivity contribution in [1.82, 2.24) is 4.90 Å². The maximum absolute atomic E-state index is 12.6. The van der Waals surface area contributed by atoms with Crippen LogP contribution in [0, 0.1) is 6.92 Å².